The Labute approximate surface area is 196 Å². The van der Waals surface area contributed by atoms with Crippen LogP contribution in [0, 0.1) is 0 Å². The summed E-state index contributed by atoms with van der Waals surface area (Å²) in [5.74, 6) is 0.290. The van der Waals surface area contributed by atoms with E-state index in [1.54, 1.807) is 11.1 Å². The number of carbonyl (C=O) groups excluding carboxylic acids is 1. The summed E-state index contributed by atoms with van der Waals surface area (Å²) in [5.41, 5.74) is 2.59. The first-order valence-electron chi connectivity index (χ1n) is 11.0. The summed E-state index contributed by atoms with van der Waals surface area (Å²) < 4.78 is 40.8. The van der Waals surface area contributed by atoms with Gasteiger partial charge in [0.1, 0.15) is 11.6 Å². The molecule has 2 heterocycles. The van der Waals surface area contributed by atoms with E-state index in [1.165, 1.54) is 17.7 Å². The fourth-order valence-corrected chi connectivity index (χ4v) is 3.84. The molecule has 4 rings (SSSR count). The summed E-state index contributed by atoms with van der Waals surface area (Å²) in [5, 5.41) is 3.40. The lowest BCUT2D eigenvalue weighted by Gasteiger charge is -2.35. The van der Waals surface area contributed by atoms with E-state index in [2.05, 4.69) is 32.1 Å². The number of pyridine rings is 1. The van der Waals surface area contributed by atoms with Crippen molar-refractivity contribution in [3.63, 3.8) is 0 Å². The summed E-state index contributed by atoms with van der Waals surface area (Å²) in [6.07, 6.45) is -2.99. The number of anilines is 1. The van der Waals surface area contributed by atoms with Crippen molar-refractivity contribution in [3.8, 4) is 5.75 Å². The molecule has 0 radical (unpaired) electrons. The van der Waals surface area contributed by atoms with Crippen LogP contribution in [0.15, 0.2) is 72.9 Å². The second kappa shape index (κ2) is 10.6. The lowest BCUT2D eigenvalue weighted by atomic mass is 10.1. The van der Waals surface area contributed by atoms with Crippen molar-refractivity contribution in [2.24, 2.45) is 0 Å². The van der Waals surface area contributed by atoms with Crippen molar-refractivity contribution in [2.45, 2.75) is 19.5 Å². The van der Waals surface area contributed by atoms with Crippen molar-refractivity contribution in [1.29, 1.82) is 0 Å². The maximum absolute atomic E-state index is 12.8. The van der Waals surface area contributed by atoms with E-state index in [4.69, 9.17) is 0 Å². The number of halogens is 3. The van der Waals surface area contributed by atoms with E-state index >= 15 is 0 Å². The van der Waals surface area contributed by atoms with Crippen molar-refractivity contribution in [1.82, 2.24) is 14.8 Å². The summed E-state index contributed by atoms with van der Waals surface area (Å²) in [4.78, 5) is 21.2. The third-order valence-corrected chi connectivity index (χ3v) is 5.58. The third-order valence-electron chi connectivity index (χ3n) is 5.58. The number of rotatable bonds is 7. The molecule has 0 unspecified atom stereocenters. The fourth-order valence-electron chi connectivity index (χ4n) is 3.84. The Bertz CT molecular complexity index is 1080. The van der Waals surface area contributed by atoms with E-state index in [-0.39, 0.29) is 11.7 Å². The van der Waals surface area contributed by atoms with Gasteiger partial charge in [0.25, 0.3) is 5.91 Å². The van der Waals surface area contributed by atoms with Gasteiger partial charge in [-0.1, -0.05) is 36.4 Å². The van der Waals surface area contributed by atoms with Crippen LogP contribution in [0.25, 0.3) is 0 Å². The molecule has 1 saturated heterocycles. The molecule has 178 valence electrons. The molecular weight excluding hydrogens is 445 g/mol. The monoisotopic (exact) mass is 470 g/mol. The van der Waals surface area contributed by atoms with Crippen LogP contribution in [0.2, 0.25) is 0 Å². The molecule has 0 atom stereocenters. The van der Waals surface area contributed by atoms with E-state index in [0.29, 0.717) is 44.8 Å². The van der Waals surface area contributed by atoms with E-state index in [0.717, 1.165) is 23.5 Å². The Kier molecular flexibility index (Phi) is 7.32. The molecule has 0 spiro atoms. The Morgan fingerprint density at radius 3 is 2.32 bits per heavy atom. The highest BCUT2D eigenvalue weighted by atomic mass is 19.4. The zero-order valence-corrected chi connectivity index (χ0v) is 18.5. The Balaban J connectivity index is 1.30. The van der Waals surface area contributed by atoms with Crippen molar-refractivity contribution >= 4 is 11.7 Å². The Morgan fingerprint density at radius 2 is 1.65 bits per heavy atom. The first-order valence-corrected chi connectivity index (χ1v) is 11.0. The fraction of sp³-hybridized carbons (Fsp3) is 0.280. The van der Waals surface area contributed by atoms with Crippen LogP contribution in [0.1, 0.15) is 21.5 Å². The quantitative estimate of drug-likeness (QED) is 0.549. The lowest BCUT2D eigenvalue weighted by Crippen LogP contribution is -2.48. The van der Waals surface area contributed by atoms with Crippen LogP contribution in [-0.4, -0.2) is 53.2 Å². The van der Waals surface area contributed by atoms with Crippen LogP contribution >= 0.6 is 0 Å². The minimum absolute atomic E-state index is 0.204. The van der Waals surface area contributed by atoms with Gasteiger partial charge in [0, 0.05) is 56.6 Å². The van der Waals surface area contributed by atoms with Crippen LogP contribution in [0.5, 0.6) is 5.75 Å². The number of alkyl halides is 3. The summed E-state index contributed by atoms with van der Waals surface area (Å²) in [6, 6.07) is 19.1. The number of piperazine rings is 1. The molecule has 9 heteroatoms. The molecule has 0 bridgehead atoms. The molecule has 1 aliphatic heterocycles. The number of hydrogen-bond donors (Lipinski definition) is 1. The minimum Gasteiger partial charge on any atom is -0.406 e. The molecule has 34 heavy (non-hydrogen) atoms. The normalized spacial score (nSPS) is 14.6. The van der Waals surface area contributed by atoms with E-state index in [1.807, 2.05) is 30.3 Å². The molecule has 1 amide bonds. The minimum atomic E-state index is -4.76. The molecule has 3 aromatic rings. The van der Waals surface area contributed by atoms with Gasteiger partial charge in [-0.3, -0.25) is 9.69 Å². The van der Waals surface area contributed by atoms with Gasteiger partial charge in [-0.25, -0.2) is 4.98 Å². The molecular formula is C25H25F3N4O2. The molecule has 1 aromatic heterocycles. The van der Waals surface area contributed by atoms with Crippen LogP contribution < -0.4 is 10.1 Å². The van der Waals surface area contributed by atoms with Crippen molar-refractivity contribution in [3.05, 3.63) is 89.6 Å². The van der Waals surface area contributed by atoms with E-state index in [9.17, 15) is 18.0 Å². The van der Waals surface area contributed by atoms with Gasteiger partial charge in [0.05, 0.1) is 0 Å². The number of carbonyl (C=O) groups is 1. The number of hydrogen-bond acceptors (Lipinski definition) is 5. The lowest BCUT2D eigenvalue weighted by molar-refractivity contribution is -0.274. The van der Waals surface area contributed by atoms with Crippen molar-refractivity contribution in [2.75, 3.05) is 31.5 Å². The van der Waals surface area contributed by atoms with Crippen LogP contribution in [0.3, 0.4) is 0 Å². The highest BCUT2D eigenvalue weighted by Crippen LogP contribution is 2.23. The molecule has 2 aromatic carbocycles. The first-order chi connectivity index (χ1) is 16.4. The van der Waals surface area contributed by atoms with Crippen LogP contribution in [-0.2, 0) is 13.1 Å². The summed E-state index contributed by atoms with van der Waals surface area (Å²) >= 11 is 0. The highest BCUT2D eigenvalue weighted by Gasteiger charge is 2.31. The third kappa shape index (κ3) is 6.48. The number of ether oxygens (including phenoxy) is 1. The van der Waals surface area contributed by atoms with Gasteiger partial charge in [-0.05, 0) is 35.9 Å². The zero-order chi connectivity index (χ0) is 24.0. The van der Waals surface area contributed by atoms with Gasteiger partial charge in [-0.2, -0.15) is 0 Å². The first kappa shape index (κ1) is 23.6. The maximum atomic E-state index is 12.8. The standard InChI is InChI=1S/C25H25F3N4O2/c26-25(27,28)34-22-10-8-20(9-11-22)24(33)32-15-13-31(14-16-32)18-21-7-4-12-29-23(21)30-17-19-5-2-1-3-6-19/h1-12H,13-18H2,(H,29,30). The zero-order valence-electron chi connectivity index (χ0n) is 18.5. The van der Waals surface area contributed by atoms with Crippen LogP contribution in [0.4, 0.5) is 19.0 Å². The summed E-state index contributed by atoms with van der Waals surface area (Å²) in [6.45, 7) is 3.83. The number of aromatic nitrogens is 1. The van der Waals surface area contributed by atoms with Gasteiger partial charge in [-0.15, -0.1) is 13.2 Å². The predicted molar refractivity (Wildman–Crippen MR) is 122 cm³/mol. The SMILES string of the molecule is O=C(c1ccc(OC(F)(F)F)cc1)N1CCN(Cc2cccnc2NCc2ccccc2)CC1. The predicted octanol–water partition coefficient (Wildman–Crippen LogP) is 4.55. The summed E-state index contributed by atoms with van der Waals surface area (Å²) in [7, 11) is 0. The van der Waals surface area contributed by atoms with Crippen molar-refractivity contribution < 1.29 is 22.7 Å². The molecule has 0 saturated carbocycles. The van der Waals surface area contributed by atoms with Gasteiger partial charge >= 0.3 is 6.36 Å². The average Bonchev–Trinajstić information content (AvgIpc) is 2.84. The Hall–Kier alpha value is -3.59. The topological polar surface area (TPSA) is 57.7 Å². The largest absolute Gasteiger partial charge is 0.573 e. The second-order valence-electron chi connectivity index (χ2n) is 7.99. The molecule has 1 aliphatic rings. The molecule has 1 fully saturated rings. The van der Waals surface area contributed by atoms with Gasteiger partial charge in [0.2, 0.25) is 0 Å². The smallest absolute Gasteiger partial charge is 0.406 e. The van der Waals surface area contributed by atoms with Gasteiger partial charge in [0.15, 0.2) is 0 Å². The maximum Gasteiger partial charge on any atom is 0.573 e. The van der Waals surface area contributed by atoms with Gasteiger partial charge < -0.3 is 15.0 Å². The second-order valence-corrected chi connectivity index (χ2v) is 7.99. The Morgan fingerprint density at radius 1 is 0.941 bits per heavy atom. The highest BCUT2D eigenvalue weighted by molar-refractivity contribution is 5.94. The number of nitrogens with zero attached hydrogens (tertiary/aromatic N) is 3. The molecule has 0 aliphatic carbocycles. The van der Waals surface area contributed by atoms with E-state index < -0.39 is 6.36 Å². The average molecular weight is 470 g/mol. The molecule has 1 N–H and O–H groups in total. The number of nitrogens with one attached hydrogen (secondary N) is 1. The number of benzene rings is 2. The molecule has 6 nitrogen and oxygen atoms in total. The number of amides is 1.